The van der Waals surface area contributed by atoms with E-state index in [1.165, 1.54) is 5.56 Å². The van der Waals surface area contributed by atoms with Gasteiger partial charge in [-0.2, -0.15) is 10.4 Å². The molecule has 8 heteroatoms. The van der Waals surface area contributed by atoms with Crippen molar-refractivity contribution in [3.8, 4) is 17.3 Å². The molecule has 0 bridgehead atoms. The van der Waals surface area contributed by atoms with Gasteiger partial charge >= 0.3 is 0 Å². The van der Waals surface area contributed by atoms with Crippen molar-refractivity contribution in [1.29, 1.82) is 5.26 Å². The number of para-hydroxylation sites is 1. The van der Waals surface area contributed by atoms with Crippen LogP contribution in [0.25, 0.3) is 11.3 Å². The predicted octanol–water partition coefficient (Wildman–Crippen LogP) is 4.08. The van der Waals surface area contributed by atoms with Crippen molar-refractivity contribution in [3.05, 3.63) is 112 Å². The van der Waals surface area contributed by atoms with Gasteiger partial charge in [-0.05, 0) is 11.6 Å². The van der Waals surface area contributed by atoms with Crippen LogP contribution in [-0.2, 0) is 6.54 Å². The van der Waals surface area contributed by atoms with E-state index in [0.717, 1.165) is 44.0 Å². The minimum atomic E-state index is -0.511. The largest absolute Gasteiger partial charge is 0.368 e. The van der Waals surface area contributed by atoms with Gasteiger partial charge in [-0.15, -0.1) is 0 Å². The van der Waals surface area contributed by atoms with Crippen LogP contribution in [0.15, 0.2) is 94.8 Å². The summed E-state index contributed by atoms with van der Waals surface area (Å²) in [5, 5.41) is 13.8. The summed E-state index contributed by atoms with van der Waals surface area (Å²) in [4.78, 5) is 24.4. The highest BCUT2D eigenvalue weighted by Crippen LogP contribution is 2.22. The summed E-state index contributed by atoms with van der Waals surface area (Å²) in [6.07, 6.45) is 1.73. The van der Waals surface area contributed by atoms with Crippen molar-refractivity contribution in [2.45, 2.75) is 6.54 Å². The molecule has 5 rings (SSSR count). The molecule has 8 nitrogen and oxygen atoms in total. The zero-order valence-electron chi connectivity index (χ0n) is 20.3. The van der Waals surface area contributed by atoms with Crippen LogP contribution in [0.2, 0.25) is 0 Å². The number of aromatic amines is 1. The topological polar surface area (TPSA) is 100 Å². The molecule has 1 fully saturated rings. The van der Waals surface area contributed by atoms with Gasteiger partial charge in [0, 0.05) is 49.5 Å². The average molecular weight is 490 g/mol. The Morgan fingerprint density at radius 1 is 0.946 bits per heavy atom. The number of rotatable bonds is 7. The van der Waals surface area contributed by atoms with E-state index >= 15 is 0 Å². The van der Waals surface area contributed by atoms with Gasteiger partial charge in [0.2, 0.25) is 5.95 Å². The molecule has 37 heavy (non-hydrogen) atoms. The molecule has 2 heterocycles. The molecular weight excluding hydrogens is 462 g/mol. The highest BCUT2D eigenvalue weighted by atomic mass is 16.1. The van der Waals surface area contributed by atoms with Gasteiger partial charge in [0.15, 0.2) is 0 Å². The molecule has 184 valence electrons. The maximum atomic E-state index is 12.5. The first-order valence-electron chi connectivity index (χ1n) is 12.2. The van der Waals surface area contributed by atoms with E-state index in [2.05, 4.69) is 60.6 Å². The Bertz CT molecular complexity index is 1470. The minimum Gasteiger partial charge on any atom is -0.368 e. The summed E-state index contributed by atoms with van der Waals surface area (Å²) in [7, 11) is 0. The first-order chi connectivity index (χ1) is 18.2. The number of benzene rings is 3. The second-order valence-electron chi connectivity index (χ2n) is 8.79. The summed E-state index contributed by atoms with van der Waals surface area (Å²) >= 11 is 0. The minimum absolute atomic E-state index is 0.0301. The zero-order chi connectivity index (χ0) is 25.5. The fourth-order valence-corrected chi connectivity index (χ4v) is 4.47. The molecule has 3 aromatic carbocycles. The third-order valence-electron chi connectivity index (χ3n) is 6.35. The van der Waals surface area contributed by atoms with E-state index in [0.29, 0.717) is 11.3 Å². The molecule has 0 radical (unpaired) electrons. The van der Waals surface area contributed by atoms with E-state index in [1.54, 1.807) is 6.21 Å². The Labute approximate surface area is 215 Å². The molecule has 1 saturated heterocycles. The number of hydrazone groups is 1. The normalized spacial score (nSPS) is 14.0. The summed E-state index contributed by atoms with van der Waals surface area (Å²) in [6, 6.07) is 29.8. The zero-order valence-corrected chi connectivity index (χ0v) is 20.3. The second kappa shape index (κ2) is 11.3. The Hall–Kier alpha value is -4.74. The van der Waals surface area contributed by atoms with E-state index in [4.69, 9.17) is 0 Å². The summed E-state index contributed by atoms with van der Waals surface area (Å²) in [5.41, 5.74) is 6.70. The second-order valence-corrected chi connectivity index (χ2v) is 8.79. The first kappa shape index (κ1) is 24.0. The Kier molecular flexibility index (Phi) is 7.34. The summed E-state index contributed by atoms with van der Waals surface area (Å²) in [5.74, 6) is 0.172. The first-order valence-corrected chi connectivity index (χ1v) is 12.2. The molecule has 1 aromatic heterocycles. The summed E-state index contributed by atoms with van der Waals surface area (Å²) < 4.78 is 0. The number of nitrogens with one attached hydrogen (secondary N) is 2. The number of H-pyrrole nitrogens is 1. The number of aromatic nitrogens is 2. The van der Waals surface area contributed by atoms with Crippen LogP contribution in [-0.4, -0.2) is 47.3 Å². The number of nitrogens with zero attached hydrogens (tertiary/aromatic N) is 5. The van der Waals surface area contributed by atoms with Crippen molar-refractivity contribution < 1.29 is 0 Å². The fraction of sp³-hybridized carbons (Fsp3) is 0.172. The van der Waals surface area contributed by atoms with Crippen LogP contribution in [0, 0.1) is 11.3 Å². The smallest absolute Gasteiger partial charge is 0.270 e. The highest BCUT2D eigenvalue weighted by molar-refractivity contribution is 5.88. The SMILES string of the molecule is N#Cc1c(-c2ccccc2)nc(NN=Cc2ccccc2N2CCN(Cc3ccccc3)CC2)[nH]c1=O. The molecule has 0 saturated carbocycles. The quantitative estimate of drug-likeness (QED) is 0.300. The number of anilines is 2. The molecule has 0 atom stereocenters. The number of nitriles is 1. The number of hydrogen-bond donors (Lipinski definition) is 2. The van der Waals surface area contributed by atoms with Gasteiger partial charge in [-0.25, -0.2) is 10.4 Å². The molecule has 0 amide bonds. The van der Waals surface area contributed by atoms with Gasteiger partial charge in [0.1, 0.15) is 11.6 Å². The maximum Gasteiger partial charge on any atom is 0.270 e. The highest BCUT2D eigenvalue weighted by Gasteiger charge is 2.19. The molecule has 0 unspecified atom stereocenters. The number of piperazine rings is 1. The van der Waals surface area contributed by atoms with E-state index in [1.807, 2.05) is 60.7 Å². The Morgan fingerprint density at radius 3 is 2.35 bits per heavy atom. The molecule has 0 aliphatic carbocycles. The molecular formula is C29H27N7O. The van der Waals surface area contributed by atoms with Gasteiger partial charge in [0.25, 0.3) is 5.56 Å². The van der Waals surface area contributed by atoms with Crippen molar-refractivity contribution in [2.24, 2.45) is 5.10 Å². The maximum absolute atomic E-state index is 12.5. The van der Waals surface area contributed by atoms with Crippen LogP contribution < -0.4 is 15.9 Å². The van der Waals surface area contributed by atoms with Crippen LogP contribution in [0.3, 0.4) is 0 Å². The van der Waals surface area contributed by atoms with Gasteiger partial charge in [-0.1, -0.05) is 78.9 Å². The lowest BCUT2D eigenvalue weighted by Gasteiger charge is -2.36. The third kappa shape index (κ3) is 5.74. The Morgan fingerprint density at radius 2 is 1.62 bits per heavy atom. The fourth-order valence-electron chi connectivity index (χ4n) is 4.47. The van der Waals surface area contributed by atoms with Crippen LogP contribution >= 0.6 is 0 Å². The molecule has 1 aliphatic rings. The van der Waals surface area contributed by atoms with E-state index < -0.39 is 5.56 Å². The van der Waals surface area contributed by atoms with Crippen molar-refractivity contribution >= 4 is 17.9 Å². The predicted molar refractivity (Wildman–Crippen MR) is 147 cm³/mol. The monoisotopic (exact) mass is 489 g/mol. The van der Waals surface area contributed by atoms with E-state index in [-0.39, 0.29) is 11.5 Å². The Balaban J connectivity index is 1.28. The lowest BCUT2D eigenvalue weighted by Crippen LogP contribution is -2.46. The van der Waals surface area contributed by atoms with Crippen molar-refractivity contribution in [3.63, 3.8) is 0 Å². The third-order valence-corrected chi connectivity index (χ3v) is 6.35. The van der Waals surface area contributed by atoms with Crippen LogP contribution in [0.5, 0.6) is 0 Å². The lowest BCUT2D eigenvalue weighted by molar-refractivity contribution is 0.250. The summed E-state index contributed by atoms with van der Waals surface area (Å²) in [6.45, 7) is 4.78. The lowest BCUT2D eigenvalue weighted by atomic mass is 10.1. The van der Waals surface area contributed by atoms with Crippen LogP contribution in [0.1, 0.15) is 16.7 Å². The van der Waals surface area contributed by atoms with Gasteiger partial charge < -0.3 is 4.90 Å². The molecule has 2 N–H and O–H groups in total. The van der Waals surface area contributed by atoms with Gasteiger partial charge in [-0.3, -0.25) is 14.7 Å². The number of hydrogen-bond acceptors (Lipinski definition) is 7. The van der Waals surface area contributed by atoms with Gasteiger partial charge in [0.05, 0.1) is 11.9 Å². The average Bonchev–Trinajstić information content (AvgIpc) is 2.95. The van der Waals surface area contributed by atoms with Crippen LogP contribution in [0.4, 0.5) is 11.6 Å². The van der Waals surface area contributed by atoms with E-state index in [9.17, 15) is 10.1 Å². The molecule has 4 aromatic rings. The molecule has 0 spiro atoms. The van der Waals surface area contributed by atoms with Crippen molar-refractivity contribution in [2.75, 3.05) is 36.5 Å². The standard InChI is InChI=1S/C29H27N7O/c30-19-25-27(23-11-5-2-6-12-23)32-29(33-28(25)37)34-31-20-24-13-7-8-14-26(24)36-17-15-35(16-18-36)21-22-9-3-1-4-10-22/h1-14,20H,15-18,21H2,(H2,32,33,34,37). The molecule has 1 aliphatic heterocycles. The van der Waals surface area contributed by atoms with Crippen molar-refractivity contribution in [1.82, 2.24) is 14.9 Å².